The molecule has 1 fully saturated rings. The third kappa shape index (κ3) is 11.4. The van der Waals surface area contributed by atoms with Crippen LogP contribution in [0.4, 0.5) is 0 Å². The molecular formula is C31H43N3O6S. The number of nitrogens with zero attached hydrogens (tertiary/aromatic N) is 1. The molecule has 0 aliphatic carbocycles. The van der Waals surface area contributed by atoms with Gasteiger partial charge >= 0.3 is 0 Å². The molecule has 1 aliphatic heterocycles. The number of carbonyl (C=O) groups excluding carboxylic acids is 2. The Hall–Kier alpha value is -3.05. The summed E-state index contributed by atoms with van der Waals surface area (Å²) in [7, 11) is -3.77. The molecule has 0 saturated carbocycles. The second kappa shape index (κ2) is 16.4. The Morgan fingerprint density at radius 3 is 2.32 bits per heavy atom. The first-order chi connectivity index (χ1) is 19.6. The summed E-state index contributed by atoms with van der Waals surface area (Å²) in [4.78, 5) is 32.8. The summed E-state index contributed by atoms with van der Waals surface area (Å²) in [6.07, 6.45) is 7.87. The summed E-state index contributed by atoms with van der Waals surface area (Å²) < 4.78 is 31.8. The van der Waals surface area contributed by atoms with Crippen molar-refractivity contribution >= 4 is 27.9 Å². The van der Waals surface area contributed by atoms with Crippen molar-refractivity contribution in [3.05, 3.63) is 77.9 Å². The van der Waals surface area contributed by atoms with Gasteiger partial charge in [0.2, 0.25) is 21.8 Å². The number of carbonyl (C=O) groups is 2. The highest BCUT2D eigenvalue weighted by molar-refractivity contribution is 7.88. The predicted molar refractivity (Wildman–Crippen MR) is 159 cm³/mol. The van der Waals surface area contributed by atoms with Crippen molar-refractivity contribution in [2.45, 2.75) is 58.7 Å². The van der Waals surface area contributed by atoms with Crippen LogP contribution in [-0.2, 0) is 35.6 Å². The highest BCUT2D eigenvalue weighted by Gasteiger charge is 2.36. The summed E-state index contributed by atoms with van der Waals surface area (Å²) in [6.45, 7) is 4.55. The highest BCUT2D eigenvalue weighted by atomic mass is 32.2. The summed E-state index contributed by atoms with van der Waals surface area (Å²) >= 11 is 0. The zero-order chi connectivity index (χ0) is 29.7. The van der Waals surface area contributed by atoms with Crippen molar-refractivity contribution in [2.75, 3.05) is 19.4 Å². The van der Waals surface area contributed by atoms with Gasteiger partial charge < -0.3 is 4.74 Å². The van der Waals surface area contributed by atoms with Gasteiger partial charge in [-0.1, -0.05) is 86.7 Å². The van der Waals surface area contributed by atoms with Crippen molar-refractivity contribution in [2.24, 2.45) is 17.8 Å². The van der Waals surface area contributed by atoms with Gasteiger partial charge in [-0.25, -0.2) is 18.7 Å². The fourth-order valence-corrected chi connectivity index (χ4v) is 5.40. The van der Waals surface area contributed by atoms with E-state index in [0.717, 1.165) is 34.6 Å². The zero-order valence-corrected chi connectivity index (χ0v) is 25.0. The van der Waals surface area contributed by atoms with E-state index in [2.05, 4.69) is 10.9 Å². The number of sulfonamides is 1. The van der Waals surface area contributed by atoms with Crippen LogP contribution in [0, 0.1) is 17.8 Å². The minimum atomic E-state index is -3.77. The summed E-state index contributed by atoms with van der Waals surface area (Å²) in [5.74, 6) is -2.53. The van der Waals surface area contributed by atoms with E-state index in [1.165, 1.54) is 0 Å². The van der Waals surface area contributed by atoms with Crippen LogP contribution in [0.2, 0.25) is 0 Å². The maximum Gasteiger partial charge on any atom is 0.247 e. The average molecular weight is 586 g/mol. The molecule has 0 bridgehead atoms. The number of benzene rings is 2. The van der Waals surface area contributed by atoms with Gasteiger partial charge in [-0.05, 0) is 49.1 Å². The van der Waals surface area contributed by atoms with Crippen LogP contribution < -0.4 is 10.9 Å². The molecule has 3 rings (SSSR count). The molecule has 1 saturated heterocycles. The van der Waals surface area contributed by atoms with Crippen LogP contribution in [0.3, 0.4) is 0 Å². The van der Waals surface area contributed by atoms with Gasteiger partial charge in [0.15, 0.2) is 6.29 Å². The van der Waals surface area contributed by atoms with E-state index in [1.54, 1.807) is 0 Å². The van der Waals surface area contributed by atoms with E-state index in [0.29, 0.717) is 25.9 Å². The Kier molecular flexibility index (Phi) is 13.0. The Balaban J connectivity index is 1.80. The molecule has 224 valence electrons. The fraction of sp³-hybridized carbons (Fsp3) is 0.484. The Morgan fingerprint density at radius 2 is 1.71 bits per heavy atom. The molecule has 2 aromatic rings. The number of allylic oxidation sites excluding steroid dienone is 1. The lowest BCUT2D eigenvalue weighted by atomic mass is 9.82. The number of nitrogens with one attached hydrogen (secondary N) is 2. The van der Waals surface area contributed by atoms with E-state index in [4.69, 9.17) is 9.57 Å². The molecule has 9 nitrogen and oxygen atoms in total. The second-order valence-electron chi connectivity index (χ2n) is 10.8. The molecule has 1 aliphatic rings. The van der Waals surface area contributed by atoms with Gasteiger partial charge in [-0.15, -0.1) is 4.41 Å². The minimum Gasteiger partial charge on any atom is -0.350 e. The zero-order valence-electron chi connectivity index (χ0n) is 24.2. The lowest BCUT2D eigenvalue weighted by Crippen LogP contribution is -2.51. The van der Waals surface area contributed by atoms with Crippen LogP contribution in [0.15, 0.2) is 66.7 Å². The predicted octanol–water partition coefficient (Wildman–Crippen LogP) is 4.48. The standard InChI is InChI=1S/C31H43N3O6S/c1-24(2)23-28(30(35)32-34(41(3,37)38)21-20-26-15-8-5-9-16-26)27(18-12-17-25-13-6-4-7-14-25)31(36)33-40-29-19-10-11-22-39-29/h4-9,12-17,24,27-29H,10-11,18-23H2,1-3H3,(H,32,35)(H,33,36)/b17-12+/t27-,28+,29?/m0/s1. The number of rotatable bonds is 15. The van der Waals surface area contributed by atoms with E-state index in [9.17, 15) is 18.0 Å². The van der Waals surface area contributed by atoms with Gasteiger partial charge in [-0.2, -0.15) is 0 Å². The van der Waals surface area contributed by atoms with Gasteiger partial charge in [0.1, 0.15) is 0 Å². The Morgan fingerprint density at radius 1 is 1.02 bits per heavy atom. The Labute approximate surface area is 244 Å². The van der Waals surface area contributed by atoms with Crippen LogP contribution in [0.5, 0.6) is 0 Å². The molecule has 0 radical (unpaired) electrons. The topological polar surface area (TPSA) is 114 Å². The average Bonchev–Trinajstić information content (AvgIpc) is 2.96. The normalized spacial score (nSPS) is 17.4. The molecule has 3 atom stereocenters. The largest absolute Gasteiger partial charge is 0.350 e. The molecule has 1 unspecified atom stereocenters. The molecule has 2 amide bonds. The maximum absolute atomic E-state index is 13.7. The maximum atomic E-state index is 13.7. The summed E-state index contributed by atoms with van der Waals surface area (Å²) in [5.41, 5.74) is 7.06. The highest BCUT2D eigenvalue weighted by Crippen LogP contribution is 2.26. The van der Waals surface area contributed by atoms with Crippen molar-refractivity contribution < 1.29 is 27.6 Å². The van der Waals surface area contributed by atoms with Gasteiger partial charge in [-0.3, -0.25) is 15.0 Å². The van der Waals surface area contributed by atoms with Crippen molar-refractivity contribution in [1.82, 2.24) is 15.3 Å². The van der Waals surface area contributed by atoms with Crippen molar-refractivity contribution in [3.8, 4) is 0 Å². The summed E-state index contributed by atoms with van der Waals surface area (Å²) in [5, 5.41) is 0. The quantitative estimate of drug-likeness (QED) is 0.298. The van der Waals surface area contributed by atoms with E-state index >= 15 is 0 Å². The first-order valence-electron chi connectivity index (χ1n) is 14.2. The molecule has 2 aromatic carbocycles. The monoisotopic (exact) mass is 585 g/mol. The van der Waals surface area contributed by atoms with Crippen LogP contribution >= 0.6 is 0 Å². The van der Waals surface area contributed by atoms with E-state index in [1.807, 2.05) is 86.7 Å². The number of hydrazine groups is 1. The van der Waals surface area contributed by atoms with E-state index < -0.39 is 40.0 Å². The number of amides is 2. The number of hydrogen-bond acceptors (Lipinski definition) is 6. The first-order valence-corrected chi connectivity index (χ1v) is 16.1. The van der Waals surface area contributed by atoms with Crippen molar-refractivity contribution in [3.63, 3.8) is 0 Å². The van der Waals surface area contributed by atoms with E-state index in [-0.39, 0.29) is 18.9 Å². The summed E-state index contributed by atoms with van der Waals surface area (Å²) in [6, 6.07) is 19.1. The molecule has 1 heterocycles. The fourth-order valence-electron chi connectivity index (χ4n) is 4.72. The lowest BCUT2D eigenvalue weighted by Gasteiger charge is -2.30. The molecule has 2 N–H and O–H groups in total. The number of hydroxylamine groups is 1. The molecule has 0 aromatic heterocycles. The number of hydrogen-bond donors (Lipinski definition) is 2. The van der Waals surface area contributed by atoms with Gasteiger partial charge in [0.25, 0.3) is 0 Å². The lowest BCUT2D eigenvalue weighted by molar-refractivity contribution is -0.203. The number of ether oxygens (including phenoxy) is 1. The van der Waals surface area contributed by atoms with Gasteiger partial charge in [0, 0.05) is 19.6 Å². The third-order valence-electron chi connectivity index (χ3n) is 6.89. The smallest absolute Gasteiger partial charge is 0.247 e. The molecule has 0 spiro atoms. The molecule has 41 heavy (non-hydrogen) atoms. The van der Waals surface area contributed by atoms with Crippen LogP contribution in [-0.4, -0.2) is 50.3 Å². The molecule has 10 heteroatoms. The van der Waals surface area contributed by atoms with Crippen molar-refractivity contribution in [1.29, 1.82) is 0 Å². The minimum absolute atomic E-state index is 0.0654. The second-order valence-corrected chi connectivity index (χ2v) is 12.7. The third-order valence-corrected chi connectivity index (χ3v) is 7.97. The first kappa shape index (κ1) is 32.5. The SMILES string of the molecule is CC(C)C[C@@H](C(=O)NN(CCc1ccccc1)S(C)(=O)=O)[C@H](C/C=C/c1ccccc1)C(=O)NOC1CCCCO1. The van der Waals surface area contributed by atoms with Crippen LogP contribution in [0.1, 0.15) is 57.1 Å². The van der Waals surface area contributed by atoms with Gasteiger partial charge in [0.05, 0.1) is 18.1 Å². The van der Waals surface area contributed by atoms with Crippen LogP contribution in [0.25, 0.3) is 6.08 Å². The molecular weight excluding hydrogens is 542 g/mol. The Bertz CT molecular complexity index is 1210.